The summed E-state index contributed by atoms with van der Waals surface area (Å²) in [5.74, 6) is -0.369. The Labute approximate surface area is 176 Å². The SMILES string of the molecule is Cc1ccc2c(c1)nc(CC(F)(F)F)n2-c1ccc(NC(=O)c2ccncc2C)cc1. The van der Waals surface area contributed by atoms with Crippen molar-refractivity contribution in [2.45, 2.75) is 26.4 Å². The van der Waals surface area contributed by atoms with E-state index in [4.69, 9.17) is 0 Å². The third kappa shape index (κ3) is 4.42. The van der Waals surface area contributed by atoms with E-state index in [2.05, 4.69) is 15.3 Å². The number of halogens is 3. The lowest BCUT2D eigenvalue weighted by Gasteiger charge is -2.12. The number of benzene rings is 2. The minimum Gasteiger partial charge on any atom is -0.322 e. The first kappa shape index (κ1) is 20.6. The van der Waals surface area contributed by atoms with Gasteiger partial charge < -0.3 is 5.32 Å². The van der Waals surface area contributed by atoms with Gasteiger partial charge in [0.25, 0.3) is 5.91 Å². The van der Waals surface area contributed by atoms with E-state index < -0.39 is 12.6 Å². The van der Waals surface area contributed by atoms with Crippen LogP contribution in [-0.2, 0) is 6.42 Å². The van der Waals surface area contributed by atoms with Crippen LogP contribution in [0, 0.1) is 13.8 Å². The first-order valence-corrected chi connectivity index (χ1v) is 9.58. The molecule has 4 rings (SSSR count). The maximum absolute atomic E-state index is 13.1. The van der Waals surface area contributed by atoms with Gasteiger partial charge in [-0.3, -0.25) is 14.3 Å². The van der Waals surface area contributed by atoms with Crippen LogP contribution in [0.3, 0.4) is 0 Å². The zero-order valence-corrected chi connectivity index (χ0v) is 16.9. The van der Waals surface area contributed by atoms with Crippen LogP contribution in [0.15, 0.2) is 60.9 Å². The van der Waals surface area contributed by atoms with Crippen molar-refractivity contribution in [1.82, 2.24) is 14.5 Å². The summed E-state index contributed by atoms with van der Waals surface area (Å²) in [6, 6.07) is 13.6. The number of anilines is 1. The monoisotopic (exact) mass is 424 g/mol. The van der Waals surface area contributed by atoms with E-state index in [1.54, 1.807) is 61.8 Å². The number of aryl methyl sites for hydroxylation is 2. The van der Waals surface area contributed by atoms with Gasteiger partial charge in [-0.15, -0.1) is 0 Å². The van der Waals surface area contributed by atoms with E-state index in [0.29, 0.717) is 28.0 Å². The lowest BCUT2D eigenvalue weighted by Crippen LogP contribution is -2.16. The molecule has 1 amide bonds. The van der Waals surface area contributed by atoms with Crippen LogP contribution in [-0.4, -0.2) is 26.6 Å². The molecule has 0 atom stereocenters. The first-order chi connectivity index (χ1) is 14.7. The number of alkyl halides is 3. The Bertz CT molecular complexity index is 1260. The highest BCUT2D eigenvalue weighted by atomic mass is 19.4. The average molecular weight is 424 g/mol. The van der Waals surface area contributed by atoms with Crippen molar-refractivity contribution in [2.75, 3.05) is 5.32 Å². The number of imidazole rings is 1. The van der Waals surface area contributed by atoms with Gasteiger partial charge in [0.1, 0.15) is 12.2 Å². The van der Waals surface area contributed by atoms with E-state index in [-0.39, 0.29) is 11.7 Å². The highest BCUT2D eigenvalue weighted by Gasteiger charge is 2.31. The molecule has 1 N–H and O–H groups in total. The van der Waals surface area contributed by atoms with Crippen molar-refractivity contribution in [3.05, 3.63) is 83.4 Å². The van der Waals surface area contributed by atoms with E-state index in [1.165, 1.54) is 4.57 Å². The Morgan fingerprint density at radius 3 is 2.48 bits per heavy atom. The van der Waals surface area contributed by atoms with Crippen LogP contribution in [0.25, 0.3) is 16.7 Å². The number of fused-ring (bicyclic) bond motifs is 1. The third-order valence-electron chi connectivity index (χ3n) is 4.89. The second-order valence-electron chi connectivity index (χ2n) is 7.34. The molecule has 31 heavy (non-hydrogen) atoms. The van der Waals surface area contributed by atoms with Crippen LogP contribution in [0.4, 0.5) is 18.9 Å². The minimum atomic E-state index is -4.38. The van der Waals surface area contributed by atoms with E-state index >= 15 is 0 Å². The summed E-state index contributed by atoms with van der Waals surface area (Å²) in [5, 5.41) is 2.80. The lowest BCUT2D eigenvalue weighted by molar-refractivity contribution is -0.128. The van der Waals surface area contributed by atoms with Gasteiger partial charge in [0.2, 0.25) is 0 Å². The highest BCUT2D eigenvalue weighted by Crippen LogP contribution is 2.28. The molecule has 8 heteroatoms. The third-order valence-corrected chi connectivity index (χ3v) is 4.89. The molecule has 0 radical (unpaired) electrons. The first-order valence-electron chi connectivity index (χ1n) is 9.58. The Balaban J connectivity index is 1.68. The number of carbonyl (C=O) groups is 1. The second-order valence-corrected chi connectivity index (χ2v) is 7.34. The number of nitrogens with one attached hydrogen (secondary N) is 1. The summed E-state index contributed by atoms with van der Waals surface area (Å²) in [4.78, 5) is 20.7. The summed E-state index contributed by atoms with van der Waals surface area (Å²) < 4.78 is 40.9. The summed E-state index contributed by atoms with van der Waals surface area (Å²) in [5.41, 5.74) is 4.32. The fourth-order valence-electron chi connectivity index (χ4n) is 3.45. The van der Waals surface area contributed by atoms with Crippen molar-refractivity contribution in [2.24, 2.45) is 0 Å². The number of pyridine rings is 1. The summed E-state index contributed by atoms with van der Waals surface area (Å²) in [6.45, 7) is 3.66. The van der Waals surface area contributed by atoms with Crippen LogP contribution < -0.4 is 5.32 Å². The Morgan fingerprint density at radius 2 is 1.81 bits per heavy atom. The summed E-state index contributed by atoms with van der Waals surface area (Å²) >= 11 is 0. The molecular weight excluding hydrogens is 405 g/mol. The number of carbonyl (C=O) groups excluding carboxylic acids is 1. The fourth-order valence-corrected chi connectivity index (χ4v) is 3.45. The highest BCUT2D eigenvalue weighted by molar-refractivity contribution is 6.05. The van der Waals surface area contributed by atoms with Gasteiger partial charge in [0.15, 0.2) is 0 Å². The average Bonchev–Trinajstić information content (AvgIpc) is 3.03. The fraction of sp³-hybridized carbons (Fsp3) is 0.174. The number of aromatic nitrogens is 3. The molecule has 4 aromatic rings. The van der Waals surface area contributed by atoms with Gasteiger partial charge in [-0.1, -0.05) is 6.07 Å². The van der Waals surface area contributed by atoms with E-state index in [9.17, 15) is 18.0 Å². The Kier molecular flexibility index (Phi) is 5.22. The molecule has 0 bridgehead atoms. The largest absolute Gasteiger partial charge is 0.396 e. The quantitative estimate of drug-likeness (QED) is 0.478. The number of hydrogen-bond donors (Lipinski definition) is 1. The molecule has 0 fully saturated rings. The lowest BCUT2D eigenvalue weighted by atomic mass is 10.1. The van der Waals surface area contributed by atoms with Gasteiger partial charge >= 0.3 is 6.18 Å². The second kappa shape index (κ2) is 7.86. The number of nitrogens with zero attached hydrogens (tertiary/aromatic N) is 3. The molecule has 0 aliphatic rings. The van der Waals surface area contributed by atoms with Crippen LogP contribution in [0.2, 0.25) is 0 Å². The molecule has 0 saturated carbocycles. The predicted molar refractivity (Wildman–Crippen MR) is 112 cm³/mol. The molecule has 2 heterocycles. The topological polar surface area (TPSA) is 59.8 Å². The molecule has 5 nitrogen and oxygen atoms in total. The number of hydrogen-bond acceptors (Lipinski definition) is 3. The maximum atomic E-state index is 13.1. The molecule has 2 aromatic heterocycles. The minimum absolute atomic E-state index is 0.0858. The summed E-state index contributed by atoms with van der Waals surface area (Å²) in [7, 11) is 0. The van der Waals surface area contributed by atoms with Gasteiger partial charge in [-0.25, -0.2) is 4.98 Å². The summed E-state index contributed by atoms with van der Waals surface area (Å²) in [6.07, 6.45) is -2.38. The smallest absolute Gasteiger partial charge is 0.322 e. The van der Waals surface area contributed by atoms with Crippen molar-refractivity contribution in [3.63, 3.8) is 0 Å². The van der Waals surface area contributed by atoms with Crippen molar-refractivity contribution >= 4 is 22.6 Å². The van der Waals surface area contributed by atoms with E-state index in [0.717, 1.165) is 11.1 Å². The zero-order valence-electron chi connectivity index (χ0n) is 16.9. The molecule has 0 unspecified atom stereocenters. The van der Waals surface area contributed by atoms with Crippen LogP contribution in [0.5, 0.6) is 0 Å². The zero-order chi connectivity index (χ0) is 22.2. The number of rotatable bonds is 4. The van der Waals surface area contributed by atoms with Crippen molar-refractivity contribution in [3.8, 4) is 5.69 Å². The van der Waals surface area contributed by atoms with Gasteiger partial charge in [-0.05, 0) is 67.4 Å². The molecule has 2 aromatic carbocycles. The Morgan fingerprint density at radius 1 is 1.06 bits per heavy atom. The molecule has 0 saturated heterocycles. The molecule has 0 spiro atoms. The molecule has 0 aliphatic carbocycles. The van der Waals surface area contributed by atoms with Gasteiger partial charge in [0.05, 0.1) is 11.0 Å². The van der Waals surface area contributed by atoms with Crippen LogP contribution >= 0.6 is 0 Å². The van der Waals surface area contributed by atoms with Gasteiger partial charge in [0, 0.05) is 29.3 Å². The normalized spacial score (nSPS) is 11.6. The molecular formula is C23H19F3N4O. The van der Waals surface area contributed by atoms with Gasteiger partial charge in [-0.2, -0.15) is 13.2 Å². The standard InChI is InChI=1S/C23H19F3N4O/c1-14-3-8-20-19(11-14)29-21(12-23(24,25)26)30(20)17-6-4-16(5-7-17)28-22(31)18-9-10-27-13-15(18)2/h3-11,13H,12H2,1-2H3,(H,28,31). The predicted octanol–water partition coefficient (Wildman–Crippen LogP) is 5.39. The maximum Gasteiger partial charge on any atom is 0.396 e. The van der Waals surface area contributed by atoms with Crippen molar-refractivity contribution in [1.29, 1.82) is 0 Å². The van der Waals surface area contributed by atoms with Crippen LogP contribution in [0.1, 0.15) is 27.3 Å². The molecule has 158 valence electrons. The van der Waals surface area contributed by atoms with E-state index in [1.807, 2.05) is 13.0 Å². The number of amides is 1. The van der Waals surface area contributed by atoms with Crippen molar-refractivity contribution < 1.29 is 18.0 Å². The molecule has 0 aliphatic heterocycles. The Hall–Kier alpha value is -3.68.